The Kier molecular flexibility index (Phi) is 8.45. The van der Waals surface area contributed by atoms with Crippen molar-refractivity contribution in [1.29, 1.82) is 5.26 Å². The fourth-order valence-corrected chi connectivity index (χ4v) is 4.73. The predicted molar refractivity (Wildman–Crippen MR) is 124 cm³/mol. The van der Waals surface area contributed by atoms with E-state index in [4.69, 9.17) is 15.1 Å². The number of nitrogens with zero attached hydrogens (tertiary/aromatic N) is 2. The van der Waals surface area contributed by atoms with E-state index in [9.17, 15) is 14.0 Å². The predicted octanol–water partition coefficient (Wildman–Crippen LogP) is 4.75. The minimum atomic E-state index is -0.977. The van der Waals surface area contributed by atoms with E-state index in [2.05, 4.69) is 22.0 Å². The number of carboxylic acid groups (broad SMARTS) is 1. The van der Waals surface area contributed by atoms with Gasteiger partial charge in [-0.3, -0.25) is 9.59 Å². The van der Waals surface area contributed by atoms with Gasteiger partial charge in [-0.05, 0) is 67.0 Å². The molecule has 3 rings (SSSR count). The van der Waals surface area contributed by atoms with Crippen LogP contribution >= 0.6 is 15.9 Å². The van der Waals surface area contributed by atoms with Crippen molar-refractivity contribution in [3.8, 4) is 11.8 Å². The van der Waals surface area contributed by atoms with Gasteiger partial charge in [-0.25, -0.2) is 4.39 Å². The Morgan fingerprint density at radius 1 is 1.18 bits per heavy atom. The van der Waals surface area contributed by atoms with E-state index < -0.39 is 5.97 Å². The van der Waals surface area contributed by atoms with Crippen molar-refractivity contribution >= 4 is 27.8 Å². The lowest BCUT2D eigenvalue weighted by molar-refractivity contribution is -0.136. The molecule has 6 nitrogen and oxygen atoms in total. The molecule has 0 radical (unpaired) electrons. The molecule has 1 amide bonds. The smallest absolute Gasteiger partial charge is 0.307 e. The molecule has 0 aromatic heterocycles. The third-order valence-electron chi connectivity index (χ3n) is 6.15. The first kappa shape index (κ1) is 24.7. The molecule has 1 heterocycles. The third kappa shape index (κ3) is 7.03. The first-order chi connectivity index (χ1) is 15.8. The third-order valence-corrected chi connectivity index (χ3v) is 6.64. The molecule has 1 aliphatic rings. The van der Waals surface area contributed by atoms with Crippen LogP contribution in [0, 0.1) is 22.6 Å². The lowest BCUT2D eigenvalue weighted by atomic mass is 9.71. The number of likely N-dealkylation sites (tertiary alicyclic amines) is 1. The monoisotopic (exact) mass is 516 g/mol. The van der Waals surface area contributed by atoms with Crippen molar-refractivity contribution in [1.82, 2.24) is 4.90 Å². The number of amides is 1. The molecular formula is C25H26BrFN2O4. The number of nitriles is 1. The highest BCUT2D eigenvalue weighted by atomic mass is 79.9. The summed E-state index contributed by atoms with van der Waals surface area (Å²) < 4.78 is 19.7. The van der Waals surface area contributed by atoms with E-state index >= 15 is 0 Å². The maximum Gasteiger partial charge on any atom is 0.307 e. The highest BCUT2D eigenvalue weighted by Gasteiger charge is 2.35. The van der Waals surface area contributed by atoms with Crippen molar-refractivity contribution in [3.05, 3.63) is 63.9 Å². The van der Waals surface area contributed by atoms with Crippen LogP contribution in [0.25, 0.3) is 0 Å². The molecule has 1 saturated heterocycles. The Morgan fingerprint density at radius 2 is 1.88 bits per heavy atom. The van der Waals surface area contributed by atoms with Crippen LogP contribution in [0.1, 0.15) is 36.8 Å². The fraction of sp³-hybridized carbons (Fsp3) is 0.400. The number of aliphatic carboxylic acids is 1. The molecular weight excluding hydrogens is 491 g/mol. The maximum atomic E-state index is 13.3. The summed E-state index contributed by atoms with van der Waals surface area (Å²) >= 11 is 3.32. The van der Waals surface area contributed by atoms with Gasteiger partial charge in [-0.15, -0.1) is 0 Å². The van der Waals surface area contributed by atoms with Gasteiger partial charge in [-0.2, -0.15) is 5.26 Å². The van der Waals surface area contributed by atoms with Crippen molar-refractivity contribution < 1.29 is 23.8 Å². The van der Waals surface area contributed by atoms with Crippen molar-refractivity contribution in [2.45, 2.75) is 38.5 Å². The molecule has 1 aliphatic heterocycles. The van der Waals surface area contributed by atoms with Crippen LogP contribution in [-0.2, 0) is 22.4 Å². The normalized spacial score (nSPS) is 15.0. The SMILES string of the molecule is N#CCCC1(Cc2ccc(F)cc2)CCN(C(=O)COc2ccc(Br)cc2CC(=O)O)CC1. The minimum absolute atomic E-state index is 0.106. The van der Waals surface area contributed by atoms with Gasteiger partial charge in [-0.1, -0.05) is 28.1 Å². The second-order valence-corrected chi connectivity index (χ2v) is 9.37. The fourth-order valence-electron chi connectivity index (χ4n) is 4.32. The van der Waals surface area contributed by atoms with Gasteiger partial charge in [0.2, 0.25) is 0 Å². The summed E-state index contributed by atoms with van der Waals surface area (Å²) in [7, 11) is 0. The van der Waals surface area contributed by atoms with Gasteiger partial charge in [0.15, 0.2) is 6.61 Å². The highest BCUT2D eigenvalue weighted by molar-refractivity contribution is 9.10. The summed E-state index contributed by atoms with van der Waals surface area (Å²) in [6.45, 7) is 0.936. The zero-order chi connectivity index (χ0) is 23.8. The average molecular weight is 517 g/mol. The second-order valence-electron chi connectivity index (χ2n) is 8.45. The van der Waals surface area contributed by atoms with E-state index in [1.54, 1.807) is 35.2 Å². The van der Waals surface area contributed by atoms with Gasteiger partial charge in [0.25, 0.3) is 5.91 Å². The number of hydrogen-bond donors (Lipinski definition) is 1. The van der Waals surface area contributed by atoms with Gasteiger partial charge in [0.1, 0.15) is 11.6 Å². The summed E-state index contributed by atoms with van der Waals surface area (Å²) in [6, 6.07) is 13.7. The van der Waals surface area contributed by atoms with Crippen LogP contribution in [0.3, 0.4) is 0 Å². The Balaban J connectivity index is 1.60. The maximum absolute atomic E-state index is 13.3. The largest absolute Gasteiger partial charge is 0.483 e. The number of carbonyl (C=O) groups excluding carboxylic acids is 1. The van der Waals surface area contributed by atoms with Crippen LogP contribution in [0.15, 0.2) is 46.9 Å². The van der Waals surface area contributed by atoms with E-state index in [0.29, 0.717) is 30.8 Å². The molecule has 1 fully saturated rings. The second kappa shape index (κ2) is 11.3. The molecule has 0 atom stereocenters. The van der Waals surface area contributed by atoms with Gasteiger partial charge in [0.05, 0.1) is 12.5 Å². The number of ether oxygens (including phenoxy) is 1. The first-order valence-corrected chi connectivity index (χ1v) is 11.6. The molecule has 0 spiro atoms. The number of rotatable bonds is 9. The Morgan fingerprint density at radius 3 is 2.52 bits per heavy atom. The quantitative estimate of drug-likeness (QED) is 0.519. The molecule has 8 heteroatoms. The molecule has 0 bridgehead atoms. The molecule has 2 aromatic carbocycles. The van der Waals surface area contributed by atoms with Gasteiger partial charge < -0.3 is 14.7 Å². The van der Waals surface area contributed by atoms with Crippen LogP contribution < -0.4 is 4.74 Å². The van der Waals surface area contributed by atoms with Crippen LogP contribution in [0.4, 0.5) is 4.39 Å². The number of piperidine rings is 1. The summed E-state index contributed by atoms with van der Waals surface area (Å²) in [4.78, 5) is 25.6. The van der Waals surface area contributed by atoms with Crippen molar-refractivity contribution in [2.75, 3.05) is 19.7 Å². The standard InChI is InChI=1S/C25H26BrFN2O4/c26-20-4-7-22(19(14-20)15-24(31)32)33-17-23(30)29-12-9-25(10-13-29,8-1-11-28)16-18-2-5-21(27)6-3-18/h2-7,14H,1,8-10,12-13,15-17H2,(H,31,32). The topological polar surface area (TPSA) is 90.6 Å². The van der Waals surface area contributed by atoms with Crippen LogP contribution in [0.5, 0.6) is 5.75 Å². The van der Waals surface area contributed by atoms with E-state index in [-0.39, 0.29) is 30.2 Å². The Hall–Kier alpha value is -2.92. The number of hydrogen-bond acceptors (Lipinski definition) is 4. The molecule has 33 heavy (non-hydrogen) atoms. The molecule has 0 aliphatic carbocycles. The molecule has 174 valence electrons. The molecule has 2 aromatic rings. The first-order valence-electron chi connectivity index (χ1n) is 10.8. The average Bonchev–Trinajstić information content (AvgIpc) is 2.79. The van der Waals surface area contributed by atoms with E-state index in [1.165, 1.54) is 12.1 Å². The van der Waals surface area contributed by atoms with Gasteiger partial charge in [0, 0.05) is 29.5 Å². The Bertz CT molecular complexity index is 1030. The van der Waals surface area contributed by atoms with Crippen LogP contribution in [0.2, 0.25) is 0 Å². The minimum Gasteiger partial charge on any atom is -0.483 e. The zero-order valence-electron chi connectivity index (χ0n) is 18.2. The lowest BCUT2D eigenvalue weighted by Crippen LogP contribution is -2.45. The lowest BCUT2D eigenvalue weighted by Gasteiger charge is -2.42. The summed E-state index contributed by atoms with van der Waals surface area (Å²) in [5, 5.41) is 18.2. The van der Waals surface area contributed by atoms with Crippen LogP contribution in [-0.4, -0.2) is 41.6 Å². The molecule has 0 unspecified atom stereocenters. The number of benzene rings is 2. The van der Waals surface area contributed by atoms with Gasteiger partial charge >= 0.3 is 5.97 Å². The Labute approximate surface area is 201 Å². The summed E-state index contributed by atoms with van der Waals surface area (Å²) in [6.07, 6.45) is 3.22. The van der Waals surface area contributed by atoms with E-state index in [0.717, 1.165) is 35.7 Å². The molecule has 1 N–H and O–H groups in total. The van der Waals surface area contributed by atoms with E-state index in [1.807, 2.05) is 0 Å². The number of carboxylic acids is 1. The van der Waals surface area contributed by atoms with Crippen molar-refractivity contribution in [2.24, 2.45) is 5.41 Å². The highest BCUT2D eigenvalue weighted by Crippen LogP contribution is 2.39. The summed E-state index contributed by atoms with van der Waals surface area (Å²) in [5.41, 5.74) is 1.42. The number of carbonyl (C=O) groups is 2. The summed E-state index contributed by atoms with van der Waals surface area (Å²) in [5.74, 6) is -1.03. The molecule has 0 saturated carbocycles. The number of halogens is 2. The zero-order valence-corrected chi connectivity index (χ0v) is 19.8. The van der Waals surface area contributed by atoms with Crippen molar-refractivity contribution in [3.63, 3.8) is 0 Å².